The summed E-state index contributed by atoms with van der Waals surface area (Å²) in [5.41, 5.74) is 0. The molecule has 1 N–H and O–H groups in total. The van der Waals surface area contributed by atoms with Gasteiger partial charge in [0.15, 0.2) is 9.84 Å². The number of pyridine rings is 1. The van der Waals surface area contributed by atoms with Gasteiger partial charge in [0, 0.05) is 16.7 Å². The van der Waals surface area contributed by atoms with Gasteiger partial charge in [0.25, 0.3) is 0 Å². The third kappa shape index (κ3) is 4.26. The summed E-state index contributed by atoms with van der Waals surface area (Å²) in [6.45, 7) is 0.151. The van der Waals surface area contributed by atoms with E-state index in [9.17, 15) is 13.2 Å². The van der Waals surface area contributed by atoms with Gasteiger partial charge in [0.05, 0.1) is 18.1 Å². The molecule has 110 valence electrons. The molecular weight excluding hydrogens is 346 g/mol. The average Bonchev–Trinajstić information content (AvgIpc) is 2.73. The molecule has 0 spiro atoms. The molecule has 1 amide bonds. The number of nitrogens with zero attached hydrogens (tertiary/aromatic N) is 2. The first-order valence-electron chi connectivity index (χ1n) is 6.18. The normalized spacial score (nSPS) is 21.1. The Kier molecular flexibility index (Phi) is 4.77. The number of carbonyl (C=O) groups is 1. The predicted octanol–water partition coefficient (Wildman–Crippen LogP) is 0.901. The van der Waals surface area contributed by atoms with E-state index in [1.807, 2.05) is 0 Å². The number of halogens is 1. The fourth-order valence-corrected chi connectivity index (χ4v) is 4.15. The second kappa shape index (κ2) is 6.19. The number of carbonyl (C=O) groups excluding carboxylic acids is 1. The molecule has 1 atom stereocenters. The Bertz CT molecular complexity index is 588. The van der Waals surface area contributed by atoms with Crippen LogP contribution in [0.4, 0.5) is 5.82 Å². The smallest absolute Gasteiger partial charge is 0.239 e. The lowest BCUT2D eigenvalue weighted by atomic mass is 10.2. The summed E-state index contributed by atoms with van der Waals surface area (Å²) >= 11 is 3.27. The zero-order valence-electron chi connectivity index (χ0n) is 11.0. The van der Waals surface area contributed by atoms with Gasteiger partial charge in [-0.05, 0) is 41.5 Å². The molecule has 0 aliphatic carbocycles. The molecule has 0 radical (unpaired) electrons. The first-order chi connectivity index (χ1) is 9.35. The average molecular weight is 362 g/mol. The predicted molar refractivity (Wildman–Crippen MR) is 80.3 cm³/mol. The van der Waals surface area contributed by atoms with Crippen LogP contribution in [-0.4, -0.2) is 55.3 Å². The van der Waals surface area contributed by atoms with E-state index in [0.717, 1.165) is 4.47 Å². The first kappa shape index (κ1) is 15.4. The van der Waals surface area contributed by atoms with Crippen molar-refractivity contribution >= 4 is 37.5 Å². The molecule has 1 aliphatic rings. The molecule has 1 aromatic heterocycles. The minimum Gasteiger partial charge on any atom is -0.310 e. The third-order valence-corrected chi connectivity index (χ3v) is 5.44. The van der Waals surface area contributed by atoms with E-state index in [1.54, 1.807) is 30.3 Å². The van der Waals surface area contributed by atoms with Gasteiger partial charge in [-0.2, -0.15) is 0 Å². The lowest BCUT2D eigenvalue weighted by Gasteiger charge is -2.22. The Morgan fingerprint density at radius 1 is 1.55 bits per heavy atom. The van der Waals surface area contributed by atoms with Crippen molar-refractivity contribution in [3.8, 4) is 0 Å². The molecule has 0 aromatic carbocycles. The molecule has 0 bridgehead atoms. The Morgan fingerprint density at radius 2 is 2.30 bits per heavy atom. The number of hydrogen-bond donors (Lipinski definition) is 1. The summed E-state index contributed by atoms with van der Waals surface area (Å²) in [6, 6.07) is 3.40. The maximum atomic E-state index is 11.9. The number of aromatic nitrogens is 1. The maximum absolute atomic E-state index is 11.9. The van der Waals surface area contributed by atoms with Gasteiger partial charge >= 0.3 is 0 Å². The van der Waals surface area contributed by atoms with Gasteiger partial charge in [0.1, 0.15) is 5.82 Å². The Hall–Kier alpha value is -0.990. The zero-order valence-corrected chi connectivity index (χ0v) is 13.4. The van der Waals surface area contributed by atoms with Gasteiger partial charge < -0.3 is 5.32 Å². The monoisotopic (exact) mass is 361 g/mol. The number of anilines is 1. The van der Waals surface area contributed by atoms with Crippen LogP contribution in [0.15, 0.2) is 22.8 Å². The highest BCUT2D eigenvalue weighted by Gasteiger charge is 2.31. The molecule has 1 fully saturated rings. The van der Waals surface area contributed by atoms with Gasteiger partial charge in [0.2, 0.25) is 5.91 Å². The molecule has 1 saturated heterocycles. The van der Waals surface area contributed by atoms with Crippen LogP contribution >= 0.6 is 15.9 Å². The number of rotatable bonds is 4. The van der Waals surface area contributed by atoms with Crippen molar-refractivity contribution in [2.75, 3.05) is 30.4 Å². The lowest BCUT2D eigenvalue weighted by Crippen LogP contribution is -2.38. The second-order valence-corrected chi connectivity index (χ2v) is 8.03. The summed E-state index contributed by atoms with van der Waals surface area (Å²) in [5.74, 6) is 0.614. The van der Waals surface area contributed by atoms with Gasteiger partial charge in [-0.25, -0.2) is 13.4 Å². The summed E-state index contributed by atoms with van der Waals surface area (Å²) in [5, 5.41) is 2.68. The minimum absolute atomic E-state index is 0.0800. The molecule has 6 nitrogen and oxygen atoms in total. The summed E-state index contributed by atoms with van der Waals surface area (Å²) in [4.78, 5) is 17.7. The zero-order chi connectivity index (χ0) is 14.8. The van der Waals surface area contributed by atoms with Crippen molar-refractivity contribution in [3.05, 3.63) is 22.8 Å². The van der Waals surface area contributed by atoms with Crippen LogP contribution in [0.1, 0.15) is 6.42 Å². The molecular formula is C12H16BrN3O3S. The van der Waals surface area contributed by atoms with Gasteiger partial charge in [-0.1, -0.05) is 0 Å². The number of amides is 1. The van der Waals surface area contributed by atoms with E-state index in [4.69, 9.17) is 0 Å². The van der Waals surface area contributed by atoms with Gasteiger partial charge in [-0.3, -0.25) is 9.69 Å². The molecule has 1 aliphatic heterocycles. The fraction of sp³-hybridized carbons (Fsp3) is 0.500. The Balaban J connectivity index is 1.87. The molecule has 8 heteroatoms. The molecule has 1 aromatic rings. The largest absolute Gasteiger partial charge is 0.310 e. The van der Waals surface area contributed by atoms with Crippen LogP contribution < -0.4 is 5.32 Å². The first-order valence-corrected chi connectivity index (χ1v) is 8.79. The quantitative estimate of drug-likeness (QED) is 0.861. The standard InChI is InChI=1S/C12H16BrN3O3S/c1-16(10-4-5-20(18,19)8-10)7-12(17)15-11-3-2-9(13)6-14-11/h2-3,6,10H,4-5,7-8H2,1H3,(H,14,15,17). The fourth-order valence-electron chi connectivity index (χ4n) is 2.11. The van der Waals surface area contributed by atoms with Crippen LogP contribution in [0.3, 0.4) is 0 Å². The molecule has 2 rings (SSSR count). The van der Waals surface area contributed by atoms with E-state index in [1.165, 1.54) is 0 Å². The lowest BCUT2D eigenvalue weighted by molar-refractivity contribution is -0.117. The highest BCUT2D eigenvalue weighted by Crippen LogP contribution is 2.16. The SMILES string of the molecule is CN(CC(=O)Nc1ccc(Br)cn1)C1CCS(=O)(=O)C1. The van der Waals surface area contributed by atoms with Crippen LogP contribution in [0, 0.1) is 0 Å². The number of nitrogens with one attached hydrogen (secondary N) is 1. The Labute approximate surface area is 126 Å². The van der Waals surface area contributed by atoms with Crippen LogP contribution in [0.25, 0.3) is 0 Å². The van der Waals surface area contributed by atoms with Gasteiger partial charge in [-0.15, -0.1) is 0 Å². The van der Waals surface area contributed by atoms with E-state index >= 15 is 0 Å². The third-order valence-electron chi connectivity index (χ3n) is 3.22. The van der Waals surface area contributed by atoms with E-state index in [2.05, 4.69) is 26.2 Å². The Morgan fingerprint density at radius 3 is 2.85 bits per heavy atom. The van der Waals surface area contributed by atoms with Crippen molar-refractivity contribution in [2.45, 2.75) is 12.5 Å². The van der Waals surface area contributed by atoms with Crippen molar-refractivity contribution in [3.63, 3.8) is 0 Å². The number of sulfone groups is 1. The molecule has 0 saturated carbocycles. The van der Waals surface area contributed by atoms with Crippen molar-refractivity contribution in [1.29, 1.82) is 0 Å². The van der Waals surface area contributed by atoms with Crippen LogP contribution in [0.2, 0.25) is 0 Å². The summed E-state index contributed by atoms with van der Waals surface area (Å²) in [7, 11) is -1.17. The van der Waals surface area contributed by atoms with E-state index in [-0.39, 0.29) is 30.0 Å². The molecule has 20 heavy (non-hydrogen) atoms. The van der Waals surface area contributed by atoms with E-state index in [0.29, 0.717) is 12.2 Å². The number of likely N-dealkylation sites (N-methyl/N-ethyl adjacent to an activating group) is 1. The topological polar surface area (TPSA) is 79.4 Å². The van der Waals surface area contributed by atoms with Crippen LogP contribution in [-0.2, 0) is 14.6 Å². The molecule has 2 heterocycles. The second-order valence-electron chi connectivity index (χ2n) is 4.88. The molecule has 1 unspecified atom stereocenters. The highest BCUT2D eigenvalue weighted by molar-refractivity contribution is 9.10. The summed E-state index contributed by atoms with van der Waals surface area (Å²) < 4.78 is 23.7. The van der Waals surface area contributed by atoms with Crippen molar-refractivity contribution in [2.24, 2.45) is 0 Å². The van der Waals surface area contributed by atoms with Crippen LogP contribution in [0.5, 0.6) is 0 Å². The highest BCUT2D eigenvalue weighted by atomic mass is 79.9. The van der Waals surface area contributed by atoms with E-state index < -0.39 is 9.84 Å². The van der Waals surface area contributed by atoms with Crippen molar-refractivity contribution in [1.82, 2.24) is 9.88 Å². The minimum atomic E-state index is -2.93. The van der Waals surface area contributed by atoms with Crippen molar-refractivity contribution < 1.29 is 13.2 Å². The number of hydrogen-bond acceptors (Lipinski definition) is 5. The maximum Gasteiger partial charge on any atom is 0.239 e. The summed E-state index contributed by atoms with van der Waals surface area (Å²) in [6.07, 6.45) is 2.19.